The maximum atomic E-state index is 13.0. The van der Waals surface area contributed by atoms with Crippen LogP contribution in [0.2, 0.25) is 0 Å². The highest BCUT2D eigenvalue weighted by Gasteiger charge is 2.32. The predicted molar refractivity (Wildman–Crippen MR) is 147 cm³/mol. The van der Waals surface area contributed by atoms with Gasteiger partial charge in [-0.2, -0.15) is 13.1 Å². The Hall–Kier alpha value is -2.63. The fourth-order valence-corrected chi connectivity index (χ4v) is 6.46. The lowest BCUT2D eigenvalue weighted by atomic mass is 10.3. The lowest BCUT2D eigenvalue weighted by molar-refractivity contribution is 0.222. The molecule has 3 aromatic rings. The molecule has 36 heavy (non-hydrogen) atoms. The fraction of sp³-hybridized carbons (Fsp3) is 0.478. The van der Waals surface area contributed by atoms with Gasteiger partial charge >= 0.3 is 0 Å². The van der Waals surface area contributed by atoms with Gasteiger partial charge in [-0.3, -0.25) is 0 Å². The molecule has 10 nitrogen and oxygen atoms in total. The summed E-state index contributed by atoms with van der Waals surface area (Å²) in [4.78, 5) is 2.07. The molecule has 1 aliphatic rings. The third-order valence-corrected chi connectivity index (χ3v) is 9.07. The Morgan fingerprint density at radius 1 is 1.14 bits per heavy atom. The summed E-state index contributed by atoms with van der Waals surface area (Å²) >= 11 is 1.99. The van der Waals surface area contributed by atoms with Crippen LogP contribution in [0.5, 0.6) is 5.75 Å². The maximum Gasteiger partial charge on any atom is 0.256 e. The van der Waals surface area contributed by atoms with E-state index in [1.165, 1.54) is 10.7 Å². The molecule has 1 aliphatic heterocycles. The van der Waals surface area contributed by atoms with E-state index in [0.717, 1.165) is 40.1 Å². The van der Waals surface area contributed by atoms with Gasteiger partial charge in [-0.25, -0.2) is 8.42 Å². The summed E-state index contributed by atoms with van der Waals surface area (Å²) in [5, 5.41) is 18.3. The normalized spacial score (nSPS) is 14.3. The highest BCUT2D eigenvalue weighted by Crippen LogP contribution is 2.41. The Labute approximate surface area is 221 Å². The van der Waals surface area contributed by atoms with Crippen LogP contribution >= 0.6 is 23.1 Å². The Bertz CT molecular complexity index is 1200. The molecule has 0 aliphatic carbocycles. The standard InChI is InChI=1S/C18H24N6O4S3.C3H8.C2H2/c1-11-8-13(28-12(11)2)9-19-16-17(22-30-21-16)20-14-10-29-18(15(14)25)31(26,27)24-6-4-23(3)5-7-24;1-3-2;1-2/h8,10,25H,4-7,9H2,1-3H3,(H,19,21)(H,20,22);3H2,1-2H3;1-2H. The molecule has 0 atom stereocenters. The summed E-state index contributed by atoms with van der Waals surface area (Å²) in [6.45, 7) is 10.7. The summed E-state index contributed by atoms with van der Waals surface area (Å²) in [5.41, 5.74) is 1.35. The predicted octanol–water partition coefficient (Wildman–Crippen LogP) is 4.47. The number of aromatic nitrogens is 2. The zero-order valence-corrected chi connectivity index (χ0v) is 23.7. The van der Waals surface area contributed by atoms with Gasteiger partial charge in [0.2, 0.25) is 0 Å². The van der Waals surface area contributed by atoms with E-state index < -0.39 is 10.0 Å². The zero-order chi connectivity index (χ0) is 26.9. The highest BCUT2D eigenvalue weighted by atomic mass is 32.2. The quantitative estimate of drug-likeness (QED) is 0.363. The lowest BCUT2D eigenvalue weighted by Gasteiger charge is -2.31. The van der Waals surface area contributed by atoms with Crippen LogP contribution < -0.4 is 10.6 Å². The Morgan fingerprint density at radius 3 is 2.33 bits per heavy atom. The number of hydrogen-bond donors (Lipinski definition) is 3. The van der Waals surface area contributed by atoms with E-state index in [2.05, 4.69) is 51.0 Å². The zero-order valence-electron chi connectivity index (χ0n) is 21.2. The van der Waals surface area contributed by atoms with Gasteiger partial charge in [-0.15, -0.1) is 24.2 Å². The van der Waals surface area contributed by atoms with Crippen LogP contribution in [0, 0.1) is 26.7 Å². The van der Waals surface area contributed by atoms with E-state index in [1.807, 2.05) is 27.0 Å². The van der Waals surface area contributed by atoms with E-state index in [9.17, 15) is 13.5 Å². The van der Waals surface area contributed by atoms with Crippen LogP contribution in [-0.2, 0) is 16.6 Å². The summed E-state index contributed by atoms with van der Waals surface area (Å²) < 4.78 is 41.4. The molecular weight excluding hydrogens is 520 g/mol. The number of nitrogens with zero attached hydrogens (tertiary/aromatic N) is 4. The van der Waals surface area contributed by atoms with Gasteiger partial charge in [0.15, 0.2) is 21.6 Å². The fourth-order valence-electron chi connectivity index (χ4n) is 3.17. The van der Waals surface area contributed by atoms with Crippen molar-refractivity contribution in [3.63, 3.8) is 0 Å². The topological polar surface area (TPSA) is 124 Å². The van der Waals surface area contributed by atoms with E-state index in [0.29, 0.717) is 44.4 Å². The Kier molecular flexibility index (Phi) is 11.2. The Morgan fingerprint density at radius 2 is 1.75 bits per heavy atom. The molecule has 198 valence electrons. The highest BCUT2D eigenvalue weighted by molar-refractivity contribution is 7.91. The van der Waals surface area contributed by atoms with Crippen molar-refractivity contribution < 1.29 is 17.9 Å². The van der Waals surface area contributed by atoms with Crippen LogP contribution in [0.1, 0.15) is 37.4 Å². The molecule has 13 heteroatoms. The van der Waals surface area contributed by atoms with Gasteiger partial charge in [0.05, 0.1) is 24.0 Å². The van der Waals surface area contributed by atoms with Crippen molar-refractivity contribution in [2.24, 2.45) is 0 Å². The molecule has 0 bridgehead atoms. The van der Waals surface area contributed by atoms with Crippen LogP contribution in [0.15, 0.2) is 20.1 Å². The number of aryl methyl sites for hydroxylation is 2. The number of rotatable bonds is 7. The first-order valence-electron chi connectivity index (χ1n) is 11.4. The number of thiophene rings is 1. The van der Waals surface area contributed by atoms with E-state index >= 15 is 0 Å². The number of likely N-dealkylation sites (N-methyl/N-ethyl adjacent to an activating group) is 1. The van der Waals surface area contributed by atoms with Gasteiger partial charge in [-0.05, 0) is 32.5 Å². The van der Waals surface area contributed by atoms with Crippen molar-refractivity contribution >= 4 is 50.4 Å². The van der Waals surface area contributed by atoms with Crippen LogP contribution in [0.4, 0.5) is 17.3 Å². The van der Waals surface area contributed by atoms with E-state index in [4.69, 9.17) is 4.42 Å². The molecule has 0 radical (unpaired) electrons. The van der Waals surface area contributed by atoms with Gasteiger partial charge < -0.3 is 25.1 Å². The minimum atomic E-state index is -3.76. The second-order valence-corrected chi connectivity index (χ2v) is 11.6. The second-order valence-electron chi connectivity index (χ2n) is 8.09. The van der Waals surface area contributed by atoms with Crippen molar-refractivity contribution in [3.8, 4) is 18.6 Å². The largest absolute Gasteiger partial charge is 0.504 e. The van der Waals surface area contributed by atoms with Gasteiger partial charge in [0.1, 0.15) is 11.5 Å². The summed E-state index contributed by atoms with van der Waals surface area (Å²) in [5.74, 6) is 2.23. The molecular formula is C23H34N6O4S3. The average molecular weight is 555 g/mol. The van der Waals surface area contributed by atoms with Crippen molar-refractivity contribution in [3.05, 3.63) is 28.5 Å². The molecule has 0 unspecified atom stereocenters. The van der Waals surface area contributed by atoms with Crippen LogP contribution in [-0.4, -0.2) is 64.7 Å². The van der Waals surface area contributed by atoms with E-state index in [1.54, 1.807) is 5.38 Å². The van der Waals surface area contributed by atoms with Crippen molar-refractivity contribution in [2.75, 3.05) is 43.9 Å². The molecule has 0 spiro atoms. The first kappa shape index (κ1) is 29.6. The molecule has 0 aromatic carbocycles. The number of aromatic hydroxyl groups is 1. The SMILES string of the molecule is C#C.CCC.Cc1cc(CNc2nsnc2Nc2csc(S(=O)(=O)N3CCN(C)CC3)c2O)oc1C. The van der Waals surface area contributed by atoms with Crippen LogP contribution in [0.3, 0.4) is 0 Å². The third-order valence-electron chi connectivity index (χ3n) is 5.16. The number of furan rings is 1. The first-order valence-corrected chi connectivity index (χ1v) is 14.4. The minimum absolute atomic E-state index is 0.0706. The van der Waals surface area contributed by atoms with Crippen molar-refractivity contribution in [1.29, 1.82) is 0 Å². The van der Waals surface area contributed by atoms with Crippen molar-refractivity contribution in [1.82, 2.24) is 18.0 Å². The number of anilines is 3. The first-order chi connectivity index (χ1) is 17.2. The van der Waals surface area contributed by atoms with Gasteiger partial charge in [-0.1, -0.05) is 20.3 Å². The average Bonchev–Trinajstić information content (AvgIpc) is 3.54. The maximum absolute atomic E-state index is 13.0. The smallest absolute Gasteiger partial charge is 0.256 e. The molecule has 1 fully saturated rings. The molecule has 1 saturated heterocycles. The molecule has 3 aromatic heterocycles. The third kappa shape index (κ3) is 7.21. The summed E-state index contributed by atoms with van der Waals surface area (Å²) in [6.07, 6.45) is 9.25. The van der Waals surface area contributed by atoms with Gasteiger partial charge in [0.25, 0.3) is 10.0 Å². The second kappa shape index (κ2) is 13.6. The molecule has 0 saturated carbocycles. The lowest BCUT2D eigenvalue weighted by Crippen LogP contribution is -2.46. The molecule has 4 heterocycles. The number of terminal acetylenes is 1. The molecule has 3 N–H and O–H groups in total. The Balaban J connectivity index is 0.000000850. The number of sulfonamides is 1. The van der Waals surface area contributed by atoms with Crippen LogP contribution in [0.25, 0.3) is 0 Å². The number of nitrogens with one attached hydrogen (secondary N) is 2. The summed E-state index contributed by atoms with van der Waals surface area (Å²) in [7, 11) is -1.80. The van der Waals surface area contributed by atoms with Crippen molar-refractivity contribution in [2.45, 2.75) is 44.9 Å². The molecule has 4 rings (SSSR count). The number of hydrogen-bond acceptors (Lipinski definition) is 11. The molecule has 0 amide bonds. The van der Waals surface area contributed by atoms with E-state index in [-0.39, 0.29) is 15.6 Å². The monoisotopic (exact) mass is 554 g/mol. The minimum Gasteiger partial charge on any atom is -0.504 e. The van der Waals surface area contributed by atoms with Gasteiger partial charge in [0, 0.05) is 31.6 Å². The number of piperazine rings is 1. The summed E-state index contributed by atoms with van der Waals surface area (Å²) in [6, 6.07) is 1.95.